The first kappa shape index (κ1) is 25.7. The van der Waals surface area contributed by atoms with E-state index in [1.807, 2.05) is 24.3 Å². The minimum Gasteiger partial charge on any atom is -0.491 e. The zero-order chi connectivity index (χ0) is 24.9. The molecule has 3 rings (SSSR count). The number of nitrogen functional groups attached to an aromatic ring is 2. The molecule has 7 nitrogen and oxygen atoms in total. The number of nitrogens with two attached hydrogens (primary N) is 2. The van der Waals surface area contributed by atoms with E-state index in [-0.39, 0.29) is 11.6 Å². The highest BCUT2D eigenvalue weighted by molar-refractivity contribution is 6.06. The molecule has 0 bridgehead atoms. The number of hydrogen-bond donors (Lipinski definition) is 2. The molecule has 3 aromatic rings. The lowest BCUT2D eigenvalue weighted by atomic mass is 10.1. The first-order valence-corrected chi connectivity index (χ1v) is 11.2. The minimum absolute atomic E-state index is 0.189. The van der Waals surface area contributed by atoms with Crippen molar-refractivity contribution in [3.63, 3.8) is 0 Å². The maximum Gasteiger partial charge on any atom is 0.185 e. The van der Waals surface area contributed by atoms with Crippen LogP contribution in [-0.2, 0) is 9.47 Å². The van der Waals surface area contributed by atoms with Gasteiger partial charge in [-0.05, 0) is 66.2 Å². The van der Waals surface area contributed by atoms with Crippen molar-refractivity contribution in [1.29, 1.82) is 0 Å². The maximum atomic E-state index is 12.9. The van der Waals surface area contributed by atoms with E-state index < -0.39 is 0 Å². The van der Waals surface area contributed by atoms with Crippen LogP contribution in [0.1, 0.15) is 15.9 Å². The summed E-state index contributed by atoms with van der Waals surface area (Å²) in [6.07, 6.45) is 3.16. The lowest BCUT2D eigenvalue weighted by molar-refractivity contribution is 0.0274. The molecule has 0 aliphatic carbocycles. The molecule has 0 spiro atoms. The van der Waals surface area contributed by atoms with Crippen LogP contribution < -0.4 is 20.9 Å². The van der Waals surface area contributed by atoms with E-state index in [0.29, 0.717) is 68.1 Å². The summed E-state index contributed by atoms with van der Waals surface area (Å²) < 4.78 is 35.1. The van der Waals surface area contributed by atoms with Gasteiger partial charge in [-0.2, -0.15) is 0 Å². The van der Waals surface area contributed by atoms with E-state index in [1.165, 1.54) is 30.3 Å². The number of hydrogen-bond acceptors (Lipinski definition) is 7. The van der Waals surface area contributed by atoms with Crippen LogP contribution >= 0.6 is 0 Å². The predicted molar refractivity (Wildman–Crippen MR) is 134 cm³/mol. The number of carbonyl (C=O) groups is 1. The summed E-state index contributed by atoms with van der Waals surface area (Å²) in [6, 6.07) is 17.9. The smallest absolute Gasteiger partial charge is 0.185 e. The number of allylic oxidation sites excluding steroid dienone is 1. The number of benzene rings is 3. The fraction of sp³-hybridized carbons (Fsp3) is 0.222. The summed E-state index contributed by atoms with van der Waals surface area (Å²) in [5, 5.41) is 0. The molecule has 0 aliphatic rings. The third-order valence-electron chi connectivity index (χ3n) is 4.82. The summed E-state index contributed by atoms with van der Waals surface area (Å²) in [4.78, 5) is 12.1. The van der Waals surface area contributed by atoms with Crippen LogP contribution in [0.4, 0.5) is 15.8 Å². The predicted octanol–water partition coefficient (Wildman–Crippen LogP) is 4.38. The summed E-state index contributed by atoms with van der Waals surface area (Å²) in [7, 11) is 0. The first-order chi connectivity index (χ1) is 17.0. The van der Waals surface area contributed by atoms with Gasteiger partial charge >= 0.3 is 0 Å². The van der Waals surface area contributed by atoms with E-state index >= 15 is 0 Å². The van der Waals surface area contributed by atoms with Gasteiger partial charge in [0, 0.05) is 11.3 Å². The molecular weight excluding hydrogens is 451 g/mol. The van der Waals surface area contributed by atoms with Crippen LogP contribution in [0.15, 0.2) is 72.8 Å². The van der Waals surface area contributed by atoms with Crippen LogP contribution in [0.5, 0.6) is 11.5 Å². The molecule has 3 aromatic carbocycles. The Balaban J connectivity index is 1.23. The molecule has 35 heavy (non-hydrogen) atoms. The second kappa shape index (κ2) is 13.7. The standard InChI is InChI=1S/C27H29FN2O5/c28-22-6-4-21(5-7-22)26(31)11-3-20-1-9-24(10-2-20)34-17-15-32-13-14-33-16-18-35-27-12-8-23(29)19-25(27)30/h1-12,19H,13-18,29-30H2. The highest BCUT2D eigenvalue weighted by Crippen LogP contribution is 2.23. The quantitative estimate of drug-likeness (QED) is 0.153. The number of carbonyl (C=O) groups excluding carboxylic acids is 1. The van der Waals surface area contributed by atoms with Crippen LogP contribution in [0, 0.1) is 5.82 Å². The normalized spacial score (nSPS) is 11.0. The van der Waals surface area contributed by atoms with Gasteiger partial charge in [-0.3, -0.25) is 4.79 Å². The summed E-state index contributed by atoms with van der Waals surface area (Å²) >= 11 is 0. The lowest BCUT2D eigenvalue weighted by Crippen LogP contribution is -2.13. The Morgan fingerprint density at radius 3 is 2.06 bits per heavy atom. The van der Waals surface area contributed by atoms with E-state index in [2.05, 4.69) is 0 Å². The second-order valence-corrected chi connectivity index (χ2v) is 7.49. The summed E-state index contributed by atoms with van der Waals surface area (Å²) in [5.74, 6) is 0.720. The average Bonchev–Trinajstić information content (AvgIpc) is 2.86. The molecular formula is C27H29FN2O5. The Labute approximate surface area is 204 Å². The second-order valence-electron chi connectivity index (χ2n) is 7.49. The fourth-order valence-corrected chi connectivity index (χ4v) is 3.01. The van der Waals surface area contributed by atoms with Gasteiger partial charge in [0.2, 0.25) is 0 Å². The topological polar surface area (TPSA) is 106 Å². The molecule has 4 N–H and O–H groups in total. The molecule has 0 heterocycles. The van der Waals surface area contributed by atoms with Gasteiger partial charge in [0.05, 0.1) is 32.1 Å². The number of anilines is 2. The van der Waals surface area contributed by atoms with Gasteiger partial charge in [0.15, 0.2) is 5.78 Å². The third kappa shape index (κ3) is 9.11. The summed E-state index contributed by atoms with van der Waals surface area (Å²) in [5.41, 5.74) is 13.8. The van der Waals surface area contributed by atoms with Gasteiger partial charge in [-0.15, -0.1) is 0 Å². The molecule has 0 atom stereocenters. The molecule has 0 amide bonds. The van der Waals surface area contributed by atoms with Crippen molar-refractivity contribution >= 4 is 23.2 Å². The molecule has 0 saturated heterocycles. The molecule has 0 radical (unpaired) electrons. The maximum absolute atomic E-state index is 12.9. The largest absolute Gasteiger partial charge is 0.491 e. The van der Waals surface area contributed by atoms with E-state index in [1.54, 1.807) is 24.3 Å². The average molecular weight is 481 g/mol. The third-order valence-corrected chi connectivity index (χ3v) is 4.82. The molecule has 0 aromatic heterocycles. The van der Waals surface area contributed by atoms with Gasteiger partial charge < -0.3 is 30.4 Å². The van der Waals surface area contributed by atoms with Crippen LogP contribution in [-0.4, -0.2) is 45.4 Å². The Bertz CT molecular complexity index is 1100. The molecule has 0 aliphatic heterocycles. The van der Waals surface area contributed by atoms with Crippen molar-refractivity contribution in [3.05, 3.63) is 89.8 Å². The minimum atomic E-state index is -0.373. The van der Waals surface area contributed by atoms with E-state index in [0.717, 1.165) is 5.56 Å². The van der Waals surface area contributed by atoms with E-state index in [4.69, 9.17) is 30.4 Å². The van der Waals surface area contributed by atoms with E-state index in [9.17, 15) is 9.18 Å². The first-order valence-electron chi connectivity index (χ1n) is 11.2. The van der Waals surface area contributed by atoms with Crippen LogP contribution in [0.2, 0.25) is 0 Å². The monoisotopic (exact) mass is 480 g/mol. The highest BCUT2D eigenvalue weighted by Gasteiger charge is 2.02. The zero-order valence-electron chi connectivity index (χ0n) is 19.3. The fourth-order valence-electron chi connectivity index (χ4n) is 3.01. The zero-order valence-corrected chi connectivity index (χ0v) is 19.3. The van der Waals surface area contributed by atoms with Gasteiger partial charge in [0.1, 0.15) is 30.5 Å². The molecule has 0 saturated carbocycles. The van der Waals surface area contributed by atoms with Crippen molar-refractivity contribution in [2.24, 2.45) is 0 Å². The van der Waals surface area contributed by atoms with Crippen molar-refractivity contribution in [2.45, 2.75) is 0 Å². The van der Waals surface area contributed by atoms with Crippen molar-refractivity contribution in [3.8, 4) is 11.5 Å². The number of ketones is 1. The molecule has 8 heteroatoms. The summed E-state index contributed by atoms with van der Waals surface area (Å²) in [6.45, 7) is 2.51. The number of ether oxygens (including phenoxy) is 4. The Kier molecular flexibility index (Phi) is 10.1. The molecule has 0 fully saturated rings. The molecule has 0 unspecified atom stereocenters. The molecule has 184 valence electrons. The van der Waals surface area contributed by atoms with Gasteiger partial charge in [-0.25, -0.2) is 4.39 Å². The lowest BCUT2D eigenvalue weighted by Gasteiger charge is -2.10. The van der Waals surface area contributed by atoms with Crippen molar-refractivity contribution in [2.75, 3.05) is 51.1 Å². The van der Waals surface area contributed by atoms with Crippen LogP contribution in [0.25, 0.3) is 6.08 Å². The SMILES string of the molecule is Nc1ccc(OCCOCCOCCOc2ccc(C=CC(=O)c3ccc(F)cc3)cc2)c(N)c1. The number of rotatable bonds is 14. The Hall–Kier alpha value is -3.88. The Morgan fingerprint density at radius 1 is 0.771 bits per heavy atom. The van der Waals surface area contributed by atoms with Gasteiger partial charge in [-0.1, -0.05) is 18.2 Å². The van der Waals surface area contributed by atoms with Crippen molar-refractivity contribution < 1.29 is 28.1 Å². The Morgan fingerprint density at radius 2 is 1.40 bits per heavy atom. The number of halogens is 1. The van der Waals surface area contributed by atoms with Crippen LogP contribution in [0.3, 0.4) is 0 Å². The van der Waals surface area contributed by atoms with Gasteiger partial charge in [0.25, 0.3) is 0 Å². The van der Waals surface area contributed by atoms with Crippen molar-refractivity contribution in [1.82, 2.24) is 0 Å². The highest BCUT2D eigenvalue weighted by atomic mass is 19.1.